The van der Waals surface area contributed by atoms with E-state index in [1.54, 1.807) is 47.4 Å². The van der Waals surface area contributed by atoms with Gasteiger partial charge in [0.2, 0.25) is 0 Å². The molecule has 1 heterocycles. The molecule has 0 spiro atoms. The first kappa shape index (κ1) is 21.5. The molecule has 0 saturated heterocycles. The van der Waals surface area contributed by atoms with Crippen LogP contribution in [0, 0.1) is 11.3 Å². The summed E-state index contributed by atoms with van der Waals surface area (Å²) in [5.74, 6) is 0.219. The van der Waals surface area contributed by atoms with Crippen molar-refractivity contribution in [3.05, 3.63) is 96.1 Å². The SMILES string of the molecule is N#Cc1ccc2ccc(CN3C(=O)COc4cc(NS(=O)(=O)c5ccccc5)ccc43)cc2c1. The first-order chi connectivity index (χ1) is 16.4. The lowest BCUT2D eigenvalue weighted by atomic mass is 10.0. The van der Waals surface area contributed by atoms with Crippen LogP contribution in [0.25, 0.3) is 10.8 Å². The molecule has 0 fully saturated rings. The highest BCUT2D eigenvalue weighted by atomic mass is 32.2. The lowest BCUT2D eigenvalue weighted by Crippen LogP contribution is -2.38. The minimum absolute atomic E-state index is 0.145. The number of nitrogens with one attached hydrogen (secondary N) is 1. The monoisotopic (exact) mass is 469 g/mol. The molecule has 0 saturated carbocycles. The van der Waals surface area contributed by atoms with Gasteiger partial charge in [0.15, 0.2) is 6.61 Å². The van der Waals surface area contributed by atoms with Crippen LogP contribution in [-0.2, 0) is 21.4 Å². The highest BCUT2D eigenvalue weighted by Crippen LogP contribution is 2.36. The van der Waals surface area contributed by atoms with Crippen LogP contribution in [0.2, 0.25) is 0 Å². The third-order valence-electron chi connectivity index (χ3n) is 5.58. The van der Waals surface area contributed by atoms with Crippen LogP contribution in [0.1, 0.15) is 11.1 Å². The first-order valence-corrected chi connectivity index (χ1v) is 12.0. The molecule has 0 atom stereocenters. The number of rotatable bonds is 5. The van der Waals surface area contributed by atoms with Crippen LogP contribution in [0.5, 0.6) is 5.75 Å². The second-order valence-corrected chi connectivity index (χ2v) is 9.56. The molecular formula is C26H19N3O4S. The summed E-state index contributed by atoms with van der Waals surface area (Å²) in [5.41, 5.74) is 2.37. The molecule has 0 aliphatic carbocycles. The van der Waals surface area contributed by atoms with E-state index in [4.69, 9.17) is 10.00 Å². The highest BCUT2D eigenvalue weighted by Gasteiger charge is 2.26. The molecule has 8 heteroatoms. The van der Waals surface area contributed by atoms with Gasteiger partial charge in [-0.25, -0.2) is 8.42 Å². The summed E-state index contributed by atoms with van der Waals surface area (Å²) in [5, 5.41) is 11.1. The van der Waals surface area contributed by atoms with E-state index < -0.39 is 10.0 Å². The number of fused-ring (bicyclic) bond motifs is 2. The van der Waals surface area contributed by atoms with Crippen LogP contribution in [0.3, 0.4) is 0 Å². The Hall–Kier alpha value is -4.35. The number of sulfonamides is 1. The summed E-state index contributed by atoms with van der Waals surface area (Å²) < 4.78 is 33.4. The molecule has 5 rings (SSSR count). The summed E-state index contributed by atoms with van der Waals surface area (Å²) >= 11 is 0. The van der Waals surface area contributed by atoms with E-state index in [-0.39, 0.29) is 17.4 Å². The zero-order chi connectivity index (χ0) is 23.7. The smallest absolute Gasteiger partial charge is 0.265 e. The number of nitrogens with zero attached hydrogens (tertiary/aromatic N) is 2. The Morgan fingerprint density at radius 3 is 2.53 bits per heavy atom. The van der Waals surface area contributed by atoms with Gasteiger partial charge >= 0.3 is 0 Å². The summed E-state index contributed by atoms with van der Waals surface area (Å²) in [6.07, 6.45) is 0. The van der Waals surface area contributed by atoms with E-state index in [1.165, 1.54) is 12.1 Å². The normalized spacial score (nSPS) is 13.1. The maximum Gasteiger partial charge on any atom is 0.265 e. The van der Waals surface area contributed by atoms with E-state index in [2.05, 4.69) is 10.8 Å². The summed E-state index contributed by atoms with van der Waals surface area (Å²) in [4.78, 5) is 14.4. The van der Waals surface area contributed by atoms with E-state index in [9.17, 15) is 13.2 Å². The molecule has 1 N–H and O–H groups in total. The van der Waals surface area contributed by atoms with Crippen molar-refractivity contribution in [1.82, 2.24) is 0 Å². The number of amides is 1. The summed E-state index contributed by atoms with van der Waals surface area (Å²) in [7, 11) is -3.75. The third-order valence-corrected chi connectivity index (χ3v) is 6.98. The average Bonchev–Trinajstić information content (AvgIpc) is 2.85. The van der Waals surface area contributed by atoms with Gasteiger partial charge in [0.05, 0.1) is 34.4 Å². The Bertz CT molecular complexity index is 1560. The number of nitriles is 1. The fourth-order valence-electron chi connectivity index (χ4n) is 3.90. The van der Waals surface area contributed by atoms with Gasteiger partial charge in [0.25, 0.3) is 15.9 Å². The maximum atomic E-state index is 12.7. The minimum Gasteiger partial charge on any atom is -0.481 e. The minimum atomic E-state index is -3.75. The van der Waals surface area contributed by atoms with Gasteiger partial charge in [-0.1, -0.05) is 36.4 Å². The lowest BCUT2D eigenvalue weighted by molar-refractivity contribution is -0.121. The molecule has 168 valence electrons. The topological polar surface area (TPSA) is 99.5 Å². The maximum absolute atomic E-state index is 12.7. The zero-order valence-corrected chi connectivity index (χ0v) is 18.7. The van der Waals surface area contributed by atoms with Crippen molar-refractivity contribution in [3.8, 4) is 11.8 Å². The Morgan fingerprint density at radius 1 is 0.941 bits per heavy atom. The number of hydrogen-bond acceptors (Lipinski definition) is 5. The predicted molar refractivity (Wildman–Crippen MR) is 129 cm³/mol. The summed E-state index contributed by atoms with van der Waals surface area (Å²) in [6.45, 7) is 0.172. The number of hydrogen-bond donors (Lipinski definition) is 1. The quantitative estimate of drug-likeness (QED) is 0.466. The van der Waals surface area contributed by atoms with E-state index in [0.29, 0.717) is 29.2 Å². The third kappa shape index (κ3) is 4.17. The van der Waals surface area contributed by atoms with Gasteiger partial charge in [-0.2, -0.15) is 5.26 Å². The van der Waals surface area contributed by atoms with Crippen LogP contribution in [0.15, 0.2) is 89.8 Å². The molecular weight excluding hydrogens is 450 g/mol. The fraction of sp³-hybridized carbons (Fsp3) is 0.0769. The molecule has 1 aliphatic heterocycles. The van der Waals surface area contributed by atoms with E-state index in [1.807, 2.05) is 30.3 Å². The average molecular weight is 470 g/mol. The van der Waals surface area contributed by atoms with Crippen LogP contribution in [-0.4, -0.2) is 20.9 Å². The number of anilines is 2. The van der Waals surface area contributed by atoms with Crippen LogP contribution >= 0.6 is 0 Å². The van der Waals surface area contributed by atoms with Gasteiger partial charge in [-0.3, -0.25) is 9.52 Å². The molecule has 0 bridgehead atoms. The van der Waals surface area contributed by atoms with Gasteiger partial charge in [0.1, 0.15) is 5.75 Å². The van der Waals surface area contributed by atoms with Gasteiger partial charge in [-0.05, 0) is 58.8 Å². The van der Waals surface area contributed by atoms with Crippen molar-refractivity contribution in [2.45, 2.75) is 11.4 Å². The number of carbonyl (C=O) groups is 1. The fourth-order valence-corrected chi connectivity index (χ4v) is 4.97. The standard InChI is InChI=1S/C26H19N3O4S/c27-15-18-6-8-20-9-7-19(13-21(20)12-18)16-29-24-11-10-22(14-25(24)33-17-26(29)30)28-34(31,32)23-4-2-1-3-5-23/h1-14,28H,16-17H2. The Kier molecular flexibility index (Phi) is 5.40. The van der Waals surface area contributed by atoms with Gasteiger partial charge in [-0.15, -0.1) is 0 Å². The molecule has 4 aromatic rings. The van der Waals surface area contributed by atoms with E-state index >= 15 is 0 Å². The van der Waals surface area contributed by atoms with Gasteiger partial charge < -0.3 is 9.64 Å². The molecule has 34 heavy (non-hydrogen) atoms. The molecule has 1 aliphatic rings. The predicted octanol–water partition coefficient (Wildman–Crippen LogP) is 4.44. The largest absolute Gasteiger partial charge is 0.481 e. The first-order valence-electron chi connectivity index (χ1n) is 10.5. The molecule has 7 nitrogen and oxygen atoms in total. The molecule has 0 radical (unpaired) electrons. The van der Waals surface area contributed by atoms with Crippen molar-refractivity contribution in [3.63, 3.8) is 0 Å². The number of ether oxygens (including phenoxy) is 1. The van der Waals surface area contributed by atoms with Crippen LogP contribution in [0.4, 0.5) is 11.4 Å². The van der Waals surface area contributed by atoms with Crippen molar-refractivity contribution >= 4 is 38.1 Å². The second kappa shape index (κ2) is 8.54. The number of benzene rings is 4. The van der Waals surface area contributed by atoms with Crippen molar-refractivity contribution in [2.24, 2.45) is 0 Å². The Balaban J connectivity index is 1.42. The second-order valence-electron chi connectivity index (χ2n) is 7.88. The van der Waals surface area contributed by atoms with E-state index in [0.717, 1.165) is 16.3 Å². The Labute approximate surface area is 196 Å². The van der Waals surface area contributed by atoms with Gasteiger partial charge in [0, 0.05) is 6.07 Å². The number of carbonyl (C=O) groups excluding carboxylic acids is 1. The molecule has 0 aromatic heterocycles. The van der Waals surface area contributed by atoms with Crippen molar-refractivity contribution < 1.29 is 17.9 Å². The highest BCUT2D eigenvalue weighted by molar-refractivity contribution is 7.92. The molecule has 0 unspecified atom stereocenters. The van der Waals surface area contributed by atoms with Crippen molar-refractivity contribution in [2.75, 3.05) is 16.2 Å². The lowest BCUT2D eigenvalue weighted by Gasteiger charge is -2.30. The molecule has 4 aromatic carbocycles. The molecule has 1 amide bonds. The van der Waals surface area contributed by atoms with Crippen LogP contribution < -0.4 is 14.4 Å². The van der Waals surface area contributed by atoms with Crippen molar-refractivity contribution in [1.29, 1.82) is 5.26 Å². The Morgan fingerprint density at radius 2 is 1.74 bits per heavy atom. The summed E-state index contributed by atoms with van der Waals surface area (Å²) in [6, 6.07) is 26.4. The zero-order valence-electron chi connectivity index (χ0n) is 17.9.